The maximum Gasteiger partial charge on any atom is 0.259 e. The number of nitrogens with two attached hydrogens (primary N) is 1. The molecule has 2 atom stereocenters. The first-order valence-electron chi connectivity index (χ1n) is 8.32. The van der Waals surface area contributed by atoms with E-state index in [2.05, 4.69) is 20.2 Å². The van der Waals surface area contributed by atoms with Crippen LogP contribution in [0.1, 0.15) is 19.3 Å². The lowest BCUT2D eigenvalue weighted by Crippen LogP contribution is -2.44. The summed E-state index contributed by atoms with van der Waals surface area (Å²) in [5.74, 6) is 0.871. The van der Waals surface area contributed by atoms with Crippen LogP contribution in [0.25, 0.3) is 11.0 Å². The molecule has 2 aromatic rings. The second-order valence-corrected chi connectivity index (χ2v) is 7.42. The van der Waals surface area contributed by atoms with Gasteiger partial charge in [0.1, 0.15) is 5.65 Å². The highest BCUT2D eigenvalue weighted by molar-refractivity contribution is 8.04. The topological polar surface area (TPSA) is 87.0 Å². The minimum absolute atomic E-state index is 0. The van der Waals surface area contributed by atoms with E-state index in [-0.39, 0.29) is 30.4 Å². The van der Waals surface area contributed by atoms with E-state index in [4.69, 9.17) is 5.73 Å². The van der Waals surface area contributed by atoms with E-state index in [1.165, 1.54) is 0 Å². The summed E-state index contributed by atoms with van der Waals surface area (Å²) in [7, 11) is 0. The van der Waals surface area contributed by atoms with Crippen LogP contribution < -0.4 is 16.0 Å². The van der Waals surface area contributed by atoms with Gasteiger partial charge in [-0.25, -0.2) is 4.98 Å². The third kappa shape index (κ3) is 3.63. The Morgan fingerprint density at radius 2 is 2.28 bits per heavy atom. The fourth-order valence-electron chi connectivity index (χ4n) is 3.42. The van der Waals surface area contributed by atoms with Gasteiger partial charge in [0, 0.05) is 48.4 Å². The van der Waals surface area contributed by atoms with Crippen LogP contribution in [0.15, 0.2) is 35.6 Å². The van der Waals surface area contributed by atoms with Crippen molar-refractivity contribution in [3.8, 4) is 0 Å². The Hall–Kier alpha value is -1.70. The second kappa shape index (κ2) is 7.68. The van der Waals surface area contributed by atoms with Crippen LogP contribution >= 0.6 is 24.2 Å². The average molecular weight is 380 g/mol. The maximum atomic E-state index is 12.6. The van der Waals surface area contributed by atoms with E-state index in [1.54, 1.807) is 18.0 Å². The van der Waals surface area contributed by atoms with E-state index in [9.17, 15) is 4.79 Å². The van der Waals surface area contributed by atoms with Gasteiger partial charge < -0.3 is 20.9 Å². The first-order chi connectivity index (χ1) is 11.7. The molecular formula is C17H22ClN5OS. The highest BCUT2D eigenvalue weighted by Crippen LogP contribution is 2.30. The molecule has 6 nitrogen and oxygen atoms in total. The number of carbonyl (C=O) groups excluding carboxylic acids is 1. The summed E-state index contributed by atoms with van der Waals surface area (Å²) in [6.45, 7) is 0.870. The molecule has 25 heavy (non-hydrogen) atoms. The lowest BCUT2D eigenvalue weighted by Gasteiger charge is -2.27. The zero-order chi connectivity index (χ0) is 16.5. The van der Waals surface area contributed by atoms with Crippen LogP contribution in [0.5, 0.6) is 0 Å². The molecule has 2 aromatic heterocycles. The van der Waals surface area contributed by atoms with Gasteiger partial charge in [0.2, 0.25) is 0 Å². The van der Waals surface area contributed by atoms with Crippen LogP contribution in [0.3, 0.4) is 0 Å². The molecule has 0 spiro atoms. The highest BCUT2D eigenvalue weighted by atomic mass is 35.5. The minimum Gasteiger partial charge on any atom is -0.347 e. The fraction of sp³-hybridized carbons (Fsp3) is 0.412. The van der Waals surface area contributed by atoms with Gasteiger partial charge in [0.05, 0.1) is 10.6 Å². The van der Waals surface area contributed by atoms with E-state index in [0.29, 0.717) is 0 Å². The van der Waals surface area contributed by atoms with Crippen molar-refractivity contribution in [3.05, 3.63) is 35.6 Å². The number of aromatic nitrogens is 2. The molecule has 1 saturated carbocycles. The summed E-state index contributed by atoms with van der Waals surface area (Å²) in [6, 6.07) is 4.20. The van der Waals surface area contributed by atoms with Gasteiger partial charge in [-0.2, -0.15) is 0 Å². The monoisotopic (exact) mass is 379 g/mol. The van der Waals surface area contributed by atoms with Crippen molar-refractivity contribution in [2.45, 2.75) is 31.3 Å². The number of pyridine rings is 1. The molecule has 1 aliphatic heterocycles. The SMILES string of the molecule is Cl.N[C@@H]1CCC[C@H]1NC(=O)C1=CN(c2ccnc3[nH]ccc23)CCS1. The summed E-state index contributed by atoms with van der Waals surface area (Å²) in [5.41, 5.74) is 8.00. The molecule has 4 N–H and O–H groups in total. The number of fused-ring (bicyclic) bond motifs is 1. The number of anilines is 1. The number of hydrogen-bond acceptors (Lipinski definition) is 5. The normalized spacial score (nSPS) is 23.2. The molecule has 0 saturated heterocycles. The number of aromatic amines is 1. The van der Waals surface area contributed by atoms with Gasteiger partial charge in [0.25, 0.3) is 5.91 Å². The van der Waals surface area contributed by atoms with Gasteiger partial charge in [0.15, 0.2) is 0 Å². The van der Waals surface area contributed by atoms with Crippen molar-refractivity contribution >= 4 is 46.8 Å². The van der Waals surface area contributed by atoms with Crippen LogP contribution in [0.4, 0.5) is 5.69 Å². The molecule has 0 bridgehead atoms. The van der Waals surface area contributed by atoms with Crippen molar-refractivity contribution in [3.63, 3.8) is 0 Å². The van der Waals surface area contributed by atoms with Gasteiger partial charge >= 0.3 is 0 Å². The van der Waals surface area contributed by atoms with Crippen LogP contribution in [0, 0.1) is 0 Å². The third-order valence-corrected chi connectivity index (χ3v) is 5.71. The van der Waals surface area contributed by atoms with Crippen molar-refractivity contribution in [1.82, 2.24) is 15.3 Å². The van der Waals surface area contributed by atoms with E-state index >= 15 is 0 Å². The molecule has 1 aliphatic carbocycles. The van der Waals surface area contributed by atoms with Crippen LogP contribution in [0.2, 0.25) is 0 Å². The molecule has 0 aromatic carbocycles. The lowest BCUT2D eigenvalue weighted by atomic mass is 10.2. The third-order valence-electron chi connectivity index (χ3n) is 4.72. The van der Waals surface area contributed by atoms with Crippen molar-refractivity contribution in [2.24, 2.45) is 5.73 Å². The second-order valence-electron chi connectivity index (χ2n) is 6.28. The van der Waals surface area contributed by atoms with Gasteiger partial charge in [-0.15, -0.1) is 24.2 Å². The zero-order valence-corrected chi connectivity index (χ0v) is 15.4. The molecule has 1 fully saturated rings. The zero-order valence-electron chi connectivity index (χ0n) is 13.8. The Morgan fingerprint density at radius 3 is 3.08 bits per heavy atom. The molecule has 1 amide bonds. The predicted molar refractivity (Wildman–Crippen MR) is 105 cm³/mol. The van der Waals surface area contributed by atoms with Gasteiger partial charge in [-0.3, -0.25) is 4.79 Å². The number of thioether (sulfide) groups is 1. The number of halogens is 1. The van der Waals surface area contributed by atoms with E-state index in [1.807, 2.05) is 24.5 Å². The Balaban J connectivity index is 0.00000182. The van der Waals surface area contributed by atoms with Crippen LogP contribution in [-0.4, -0.2) is 40.3 Å². The number of hydrogen-bond donors (Lipinski definition) is 3. The van der Waals surface area contributed by atoms with E-state index < -0.39 is 0 Å². The molecule has 0 unspecified atom stereocenters. The highest BCUT2D eigenvalue weighted by Gasteiger charge is 2.27. The number of carbonyl (C=O) groups is 1. The average Bonchev–Trinajstić information content (AvgIpc) is 3.24. The molecule has 4 rings (SSSR count). The summed E-state index contributed by atoms with van der Waals surface area (Å²) < 4.78 is 0. The number of amides is 1. The smallest absolute Gasteiger partial charge is 0.259 e. The fourth-order valence-corrected chi connectivity index (χ4v) is 4.32. The van der Waals surface area contributed by atoms with Crippen molar-refractivity contribution in [2.75, 3.05) is 17.2 Å². The number of nitrogens with zero attached hydrogens (tertiary/aromatic N) is 2. The molecular weight excluding hydrogens is 358 g/mol. The number of H-pyrrole nitrogens is 1. The maximum absolute atomic E-state index is 12.6. The quantitative estimate of drug-likeness (QED) is 0.762. The Labute approximate surface area is 157 Å². The largest absolute Gasteiger partial charge is 0.347 e. The molecule has 2 aliphatic rings. The predicted octanol–water partition coefficient (Wildman–Crippen LogP) is 2.38. The minimum atomic E-state index is -0.00795. The number of rotatable bonds is 3. The number of nitrogens with one attached hydrogen (secondary N) is 2. The first-order valence-corrected chi connectivity index (χ1v) is 9.31. The molecule has 8 heteroatoms. The Morgan fingerprint density at radius 1 is 1.40 bits per heavy atom. The summed E-state index contributed by atoms with van der Waals surface area (Å²) in [4.78, 5) is 22.9. The summed E-state index contributed by atoms with van der Waals surface area (Å²) >= 11 is 1.60. The Bertz CT molecular complexity index is 792. The van der Waals surface area contributed by atoms with E-state index in [0.717, 1.165) is 53.2 Å². The Kier molecular flexibility index (Phi) is 5.56. The molecule has 0 radical (unpaired) electrons. The standard InChI is InChI=1S/C17H21N5OS.ClH/c18-12-2-1-3-13(12)21-17(23)15-10-22(8-9-24-15)14-5-7-20-16-11(14)4-6-19-16;/h4-7,10,12-13H,1-3,8-9,18H2,(H,19,20)(H,21,23);1H/t12-,13-;/m1./s1. The first kappa shape index (κ1) is 18.1. The van der Waals surface area contributed by atoms with Crippen LogP contribution in [-0.2, 0) is 4.79 Å². The summed E-state index contributed by atoms with van der Waals surface area (Å²) in [5, 5.41) is 4.17. The van der Waals surface area contributed by atoms with Gasteiger partial charge in [-0.05, 0) is 31.4 Å². The molecule has 3 heterocycles. The summed E-state index contributed by atoms with van der Waals surface area (Å²) in [6.07, 6.45) is 8.69. The van der Waals surface area contributed by atoms with Gasteiger partial charge in [-0.1, -0.05) is 0 Å². The molecule has 134 valence electrons. The lowest BCUT2D eigenvalue weighted by molar-refractivity contribution is -0.117. The van der Waals surface area contributed by atoms with Crippen molar-refractivity contribution < 1.29 is 4.79 Å². The van der Waals surface area contributed by atoms with Crippen molar-refractivity contribution in [1.29, 1.82) is 0 Å².